The van der Waals surface area contributed by atoms with E-state index in [1.165, 1.54) is 38.6 Å². The van der Waals surface area contributed by atoms with Crippen LogP contribution in [0, 0.1) is 11.3 Å². The van der Waals surface area contributed by atoms with Gasteiger partial charge in [0.15, 0.2) is 0 Å². The van der Waals surface area contributed by atoms with Gasteiger partial charge in [0.1, 0.15) is 0 Å². The molecule has 2 aliphatic carbocycles. The van der Waals surface area contributed by atoms with Gasteiger partial charge in [-0.05, 0) is 42.1 Å². The van der Waals surface area contributed by atoms with Crippen LogP contribution in [0.3, 0.4) is 0 Å². The maximum absolute atomic E-state index is 5.14. The van der Waals surface area contributed by atoms with E-state index in [4.69, 9.17) is 4.74 Å². The molecule has 0 saturated heterocycles. The fourth-order valence-electron chi connectivity index (χ4n) is 4.21. The van der Waals surface area contributed by atoms with Crippen LogP contribution in [-0.2, 0) is 4.74 Å². The molecule has 2 heteroatoms. The Morgan fingerprint density at radius 1 is 1.20 bits per heavy atom. The van der Waals surface area contributed by atoms with E-state index < -0.39 is 0 Å². The zero-order valence-electron chi connectivity index (χ0n) is 12.6. The number of benzene rings is 1. The minimum atomic E-state index is 0.564. The van der Waals surface area contributed by atoms with Gasteiger partial charge in [-0.3, -0.25) is 0 Å². The summed E-state index contributed by atoms with van der Waals surface area (Å²) in [5, 5.41) is 3.64. The molecule has 1 aromatic carbocycles. The van der Waals surface area contributed by atoms with Crippen molar-refractivity contribution in [3.8, 4) is 0 Å². The maximum atomic E-state index is 5.14. The molecule has 110 valence electrons. The summed E-state index contributed by atoms with van der Waals surface area (Å²) in [6.45, 7) is 2.99. The molecule has 2 unspecified atom stereocenters. The van der Waals surface area contributed by atoms with Crippen LogP contribution >= 0.6 is 0 Å². The zero-order valence-corrected chi connectivity index (χ0v) is 12.6. The van der Waals surface area contributed by atoms with Crippen LogP contribution in [0.25, 0.3) is 0 Å². The van der Waals surface area contributed by atoms with Crippen LogP contribution < -0.4 is 5.32 Å². The monoisotopic (exact) mass is 273 g/mol. The highest BCUT2D eigenvalue weighted by Crippen LogP contribution is 2.62. The van der Waals surface area contributed by atoms with Crippen LogP contribution in [0.1, 0.15) is 43.6 Å². The fraction of sp³-hybridized carbons (Fsp3) is 0.667. The Labute approximate surface area is 122 Å². The molecule has 1 aromatic rings. The third kappa shape index (κ3) is 2.91. The van der Waals surface area contributed by atoms with Crippen molar-refractivity contribution in [2.24, 2.45) is 11.3 Å². The van der Waals surface area contributed by atoms with E-state index in [0.29, 0.717) is 5.41 Å². The van der Waals surface area contributed by atoms with Crippen molar-refractivity contribution >= 4 is 0 Å². The first kappa shape index (κ1) is 14.1. The Morgan fingerprint density at radius 3 is 2.65 bits per heavy atom. The third-order valence-electron chi connectivity index (χ3n) is 5.36. The zero-order chi connectivity index (χ0) is 13.8. The highest BCUT2D eigenvalue weighted by atomic mass is 16.5. The van der Waals surface area contributed by atoms with Crippen LogP contribution in [-0.4, -0.2) is 26.8 Å². The van der Waals surface area contributed by atoms with Crippen molar-refractivity contribution in [1.82, 2.24) is 5.32 Å². The first-order valence-electron chi connectivity index (χ1n) is 8.10. The quantitative estimate of drug-likeness (QED) is 0.767. The molecule has 0 heterocycles. The van der Waals surface area contributed by atoms with Crippen molar-refractivity contribution in [2.75, 3.05) is 26.8 Å². The molecule has 0 radical (unpaired) electrons. The number of methoxy groups -OCH3 is 1. The summed E-state index contributed by atoms with van der Waals surface area (Å²) >= 11 is 0. The van der Waals surface area contributed by atoms with Gasteiger partial charge in [-0.1, -0.05) is 43.2 Å². The predicted octanol–water partition coefficient (Wildman–Crippen LogP) is 3.59. The molecule has 2 nitrogen and oxygen atoms in total. The van der Waals surface area contributed by atoms with Gasteiger partial charge in [0.2, 0.25) is 0 Å². The largest absolute Gasteiger partial charge is 0.383 e. The van der Waals surface area contributed by atoms with Crippen molar-refractivity contribution in [2.45, 2.75) is 38.0 Å². The van der Waals surface area contributed by atoms with E-state index in [1.54, 1.807) is 12.7 Å². The lowest BCUT2D eigenvalue weighted by molar-refractivity contribution is 0.182. The van der Waals surface area contributed by atoms with Gasteiger partial charge < -0.3 is 10.1 Å². The summed E-state index contributed by atoms with van der Waals surface area (Å²) < 4.78 is 5.14. The lowest BCUT2D eigenvalue weighted by atomic mass is 9.79. The molecule has 0 bridgehead atoms. The first-order chi connectivity index (χ1) is 9.86. The predicted molar refractivity (Wildman–Crippen MR) is 82.9 cm³/mol. The Balaban J connectivity index is 1.61. The van der Waals surface area contributed by atoms with Crippen LogP contribution in [0.4, 0.5) is 0 Å². The maximum Gasteiger partial charge on any atom is 0.0587 e. The van der Waals surface area contributed by atoms with Gasteiger partial charge in [0.05, 0.1) is 6.61 Å². The van der Waals surface area contributed by atoms with E-state index in [0.717, 1.165) is 25.0 Å². The molecule has 2 atom stereocenters. The molecule has 2 aliphatic rings. The Hall–Kier alpha value is -0.860. The van der Waals surface area contributed by atoms with E-state index >= 15 is 0 Å². The Kier molecular flexibility index (Phi) is 4.42. The summed E-state index contributed by atoms with van der Waals surface area (Å²) in [7, 11) is 1.78. The average molecular weight is 273 g/mol. The summed E-state index contributed by atoms with van der Waals surface area (Å²) in [6, 6.07) is 11.1. The van der Waals surface area contributed by atoms with Gasteiger partial charge in [0.25, 0.3) is 0 Å². The molecular weight excluding hydrogens is 246 g/mol. The fourth-order valence-corrected chi connectivity index (χ4v) is 4.21. The van der Waals surface area contributed by atoms with E-state index in [1.807, 2.05) is 0 Å². The van der Waals surface area contributed by atoms with Crippen molar-refractivity contribution in [3.05, 3.63) is 35.9 Å². The van der Waals surface area contributed by atoms with Crippen LogP contribution in [0.2, 0.25) is 0 Å². The lowest BCUT2D eigenvalue weighted by Gasteiger charge is -2.30. The summed E-state index contributed by atoms with van der Waals surface area (Å²) in [6.07, 6.45) is 7.08. The summed E-state index contributed by atoms with van der Waals surface area (Å²) in [5.74, 6) is 1.72. The number of rotatable bonds is 7. The van der Waals surface area contributed by atoms with Gasteiger partial charge in [-0.15, -0.1) is 0 Å². The van der Waals surface area contributed by atoms with E-state index in [2.05, 4.69) is 35.6 Å². The number of hydrogen-bond acceptors (Lipinski definition) is 2. The normalized spacial score (nSPS) is 27.6. The molecule has 3 rings (SSSR count). The van der Waals surface area contributed by atoms with Crippen LogP contribution in [0.15, 0.2) is 30.3 Å². The molecule has 0 spiro atoms. The van der Waals surface area contributed by atoms with Gasteiger partial charge in [-0.2, -0.15) is 0 Å². The topological polar surface area (TPSA) is 21.3 Å². The molecular formula is C18H27NO. The van der Waals surface area contributed by atoms with Crippen LogP contribution in [0.5, 0.6) is 0 Å². The van der Waals surface area contributed by atoms with E-state index in [-0.39, 0.29) is 0 Å². The first-order valence-corrected chi connectivity index (χ1v) is 8.10. The second-order valence-corrected chi connectivity index (χ2v) is 6.60. The molecule has 20 heavy (non-hydrogen) atoms. The molecule has 0 aromatic heterocycles. The van der Waals surface area contributed by atoms with Crippen molar-refractivity contribution in [1.29, 1.82) is 0 Å². The molecule has 1 N–H and O–H groups in total. The minimum absolute atomic E-state index is 0.564. The second-order valence-electron chi connectivity index (χ2n) is 6.60. The molecule has 2 fully saturated rings. The average Bonchev–Trinajstić information content (AvgIpc) is 3.18. The SMILES string of the molecule is COCCNCC1(C2CC2c2ccccc2)CCCC1. The van der Waals surface area contributed by atoms with Crippen molar-refractivity contribution < 1.29 is 4.74 Å². The molecule has 0 aliphatic heterocycles. The highest BCUT2D eigenvalue weighted by molar-refractivity contribution is 5.27. The lowest BCUT2D eigenvalue weighted by Crippen LogP contribution is -2.36. The number of hydrogen-bond donors (Lipinski definition) is 1. The Morgan fingerprint density at radius 2 is 1.95 bits per heavy atom. The Bertz CT molecular complexity index is 411. The highest BCUT2D eigenvalue weighted by Gasteiger charge is 2.53. The van der Waals surface area contributed by atoms with Gasteiger partial charge in [0, 0.05) is 20.2 Å². The third-order valence-corrected chi connectivity index (χ3v) is 5.36. The van der Waals surface area contributed by atoms with Gasteiger partial charge in [-0.25, -0.2) is 0 Å². The smallest absolute Gasteiger partial charge is 0.0587 e. The summed E-state index contributed by atoms with van der Waals surface area (Å²) in [4.78, 5) is 0. The standard InChI is InChI=1S/C18H27NO/c1-20-12-11-19-14-18(9-5-6-10-18)17-13-16(17)15-7-3-2-4-8-15/h2-4,7-8,16-17,19H,5-6,9-14H2,1H3. The minimum Gasteiger partial charge on any atom is -0.383 e. The number of ether oxygens (including phenoxy) is 1. The van der Waals surface area contributed by atoms with Gasteiger partial charge >= 0.3 is 0 Å². The number of nitrogens with one attached hydrogen (secondary N) is 1. The second kappa shape index (κ2) is 6.28. The van der Waals surface area contributed by atoms with Crippen molar-refractivity contribution in [3.63, 3.8) is 0 Å². The molecule has 0 amide bonds. The molecule has 2 saturated carbocycles. The van der Waals surface area contributed by atoms with E-state index in [9.17, 15) is 0 Å². The summed E-state index contributed by atoms with van der Waals surface area (Å²) in [5.41, 5.74) is 2.12.